The molecule has 0 saturated carbocycles. The van der Waals surface area contributed by atoms with Crippen LogP contribution in [0.1, 0.15) is 6.92 Å². The summed E-state index contributed by atoms with van der Waals surface area (Å²) in [6, 6.07) is 5.95. The first-order valence-corrected chi connectivity index (χ1v) is 6.89. The van der Waals surface area contributed by atoms with Crippen molar-refractivity contribution in [3.8, 4) is 5.75 Å². The number of aromatic nitrogens is 1. The van der Waals surface area contributed by atoms with Gasteiger partial charge in [-0.25, -0.2) is 4.98 Å². The molecule has 1 aromatic heterocycles. The first kappa shape index (κ1) is 11.0. The number of nitrogens with zero attached hydrogens (tertiary/aromatic N) is 1. The molecule has 2 aromatic rings. The third kappa shape index (κ3) is 2.56. The summed E-state index contributed by atoms with van der Waals surface area (Å²) in [7, 11) is 0. The number of benzene rings is 1. The van der Waals surface area contributed by atoms with Gasteiger partial charge < -0.3 is 4.74 Å². The molecular weight excluding hydrogens is 250 g/mol. The molecule has 2 rings (SSSR count). The van der Waals surface area contributed by atoms with E-state index in [9.17, 15) is 0 Å². The van der Waals surface area contributed by atoms with E-state index in [0.29, 0.717) is 11.8 Å². The predicted molar refractivity (Wildman–Crippen MR) is 67.4 cm³/mol. The molecule has 0 aliphatic carbocycles. The highest BCUT2D eigenvalue weighted by molar-refractivity contribution is 8.02. The topological polar surface area (TPSA) is 22.1 Å². The second kappa shape index (κ2) is 5.05. The highest BCUT2D eigenvalue weighted by atomic mass is 35.5. The molecule has 15 heavy (non-hydrogen) atoms. The fraction of sp³-hybridized carbons (Fsp3) is 0.300. The lowest BCUT2D eigenvalue weighted by Crippen LogP contribution is -1.89. The summed E-state index contributed by atoms with van der Waals surface area (Å²) in [6.07, 6.45) is 0. The van der Waals surface area contributed by atoms with Crippen LogP contribution < -0.4 is 4.74 Å². The maximum atomic E-state index is 5.65. The molecule has 1 aromatic carbocycles. The molecular formula is C10H10ClNOS2. The number of ether oxygens (including phenoxy) is 1. The maximum absolute atomic E-state index is 5.65. The predicted octanol–water partition coefficient (Wildman–Crippen LogP) is 3.98. The fourth-order valence-electron chi connectivity index (χ4n) is 1.25. The Morgan fingerprint density at radius 3 is 3.13 bits per heavy atom. The summed E-state index contributed by atoms with van der Waals surface area (Å²) in [5.74, 6) is 0.899. The SMILES string of the molecule is CCOc1ccc2nc(SCCl)sc2c1. The number of halogens is 1. The van der Waals surface area contributed by atoms with Crippen LogP contribution in [0.4, 0.5) is 0 Å². The minimum atomic E-state index is 0.540. The summed E-state index contributed by atoms with van der Waals surface area (Å²) >= 11 is 8.85. The molecule has 80 valence electrons. The van der Waals surface area contributed by atoms with Gasteiger partial charge in [-0.3, -0.25) is 0 Å². The van der Waals surface area contributed by atoms with Gasteiger partial charge in [-0.05, 0) is 25.1 Å². The number of fused-ring (bicyclic) bond motifs is 1. The van der Waals surface area contributed by atoms with E-state index in [-0.39, 0.29) is 0 Å². The molecule has 5 heteroatoms. The van der Waals surface area contributed by atoms with Crippen molar-refractivity contribution in [2.24, 2.45) is 0 Å². The van der Waals surface area contributed by atoms with Gasteiger partial charge in [0, 0.05) is 0 Å². The Morgan fingerprint density at radius 1 is 1.53 bits per heavy atom. The van der Waals surface area contributed by atoms with Crippen molar-refractivity contribution in [3.63, 3.8) is 0 Å². The van der Waals surface area contributed by atoms with Gasteiger partial charge in [-0.2, -0.15) is 0 Å². The van der Waals surface area contributed by atoms with Crippen LogP contribution in [0.3, 0.4) is 0 Å². The van der Waals surface area contributed by atoms with Crippen molar-refractivity contribution < 1.29 is 4.74 Å². The van der Waals surface area contributed by atoms with Gasteiger partial charge in [0.05, 0.1) is 22.0 Å². The Labute approximate surface area is 102 Å². The summed E-state index contributed by atoms with van der Waals surface area (Å²) in [6.45, 7) is 2.67. The van der Waals surface area contributed by atoms with Gasteiger partial charge >= 0.3 is 0 Å². The number of thioether (sulfide) groups is 1. The van der Waals surface area contributed by atoms with Gasteiger partial charge in [-0.1, -0.05) is 11.8 Å². The van der Waals surface area contributed by atoms with Gasteiger partial charge in [0.1, 0.15) is 5.75 Å². The molecule has 0 bridgehead atoms. The highest BCUT2D eigenvalue weighted by Gasteiger charge is 2.04. The van der Waals surface area contributed by atoms with Gasteiger partial charge in [0.25, 0.3) is 0 Å². The largest absolute Gasteiger partial charge is 0.494 e. The van der Waals surface area contributed by atoms with Crippen LogP contribution in [0.5, 0.6) is 5.75 Å². The first-order valence-electron chi connectivity index (χ1n) is 4.55. The van der Waals surface area contributed by atoms with E-state index in [1.807, 2.05) is 25.1 Å². The van der Waals surface area contributed by atoms with E-state index < -0.39 is 0 Å². The molecule has 0 aliphatic heterocycles. The number of hydrogen-bond acceptors (Lipinski definition) is 4. The molecule has 0 saturated heterocycles. The third-order valence-electron chi connectivity index (χ3n) is 1.83. The van der Waals surface area contributed by atoms with Crippen LogP contribution in [0.15, 0.2) is 22.5 Å². The molecule has 0 unspecified atom stereocenters. The number of hydrogen-bond donors (Lipinski definition) is 0. The third-order valence-corrected chi connectivity index (χ3v) is 4.02. The smallest absolute Gasteiger partial charge is 0.152 e. The van der Waals surface area contributed by atoms with E-state index in [2.05, 4.69) is 4.98 Å². The zero-order valence-electron chi connectivity index (χ0n) is 8.20. The Morgan fingerprint density at radius 2 is 2.40 bits per heavy atom. The zero-order valence-corrected chi connectivity index (χ0v) is 10.6. The van der Waals surface area contributed by atoms with Gasteiger partial charge in [-0.15, -0.1) is 22.9 Å². The summed E-state index contributed by atoms with van der Waals surface area (Å²) in [5, 5.41) is 0.540. The molecule has 0 spiro atoms. The lowest BCUT2D eigenvalue weighted by molar-refractivity contribution is 0.341. The van der Waals surface area contributed by atoms with Crippen LogP contribution in [0.2, 0.25) is 0 Å². The average molecular weight is 260 g/mol. The number of thiazole rings is 1. The Kier molecular flexibility index (Phi) is 3.72. The van der Waals surface area contributed by atoms with Crippen LogP contribution in [-0.4, -0.2) is 16.8 Å². The molecule has 1 heterocycles. The fourth-order valence-corrected chi connectivity index (χ4v) is 3.42. The summed E-state index contributed by atoms with van der Waals surface area (Å²) in [5.41, 5.74) is 1.01. The quantitative estimate of drug-likeness (QED) is 0.612. The Bertz CT molecular complexity index is 454. The van der Waals surface area contributed by atoms with Crippen LogP contribution >= 0.6 is 34.7 Å². The van der Waals surface area contributed by atoms with Crippen molar-refractivity contribution in [3.05, 3.63) is 18.2 Å². The number of alkyl halides is 1. The normalized spacial score (nSPS) is 10.8. The Hall–Kier alpha value is -0.450. The van der Waals surface area contributed by atoms with Crippen molar-refractivity contribution >= 4 is 44.9 Å². The van der Waals surface area contributed by atoms with E-state index in [1.165, 1.54) is 0 Å². The van der Waals surface area contributed by atoms with Crippen LogP contribution in [0.25, 0.3) is 10.2 Å². The second-order valence-electron chi connectivity index (χ2n) is 2.80. The molecule has 0 N–H and O–H groups in total. The minimum Gasteiger partial charge on any atom is -0.494 e. The van der Waals surface area contributed by atoms with Crippen molar-refractivity contribution in [2.75, 3.05) is 11.8 Å². The van der Waals surface area contributed by atoms with Gasteiger partial charge in [0.15, 0.2) is 4.34 Å². The van der Waals surface area contributed by atoms with E-state index in [1.54, 1.807) is 23.1 Å². The standard InChI is InChI=1S/C10H10ClNOS2/c1-2-13-7-3-4-8-9(5-7)15-10(12-8)14-6-11/h3-5H,2,6H2,1H3. The molecule has 0 radical (unpaired) electrons. The van der Waals surface area contributed by atoms with Crippen molar-refractivity contribution in [1.29, 1.82) is 0 Å². The lowest BCUT2D eigenvalue weighted by Gasteiger charge is -2.00. The Balaban J connectivity index is 2.34. The monoisotopic (exact) mass is 259 g/mol. The zero-order chi connectivity index (χ0) is 10.7. The highest BCUT2D eigenvalue weighted by Crippen LogP contribution is 2.32. The summed E-state index contributed by atoms with van der Waals surface area (Å²) in [4.78, 5) is 4.45. The molecule has 2 nitrogen and oxygen atoms in total. The van der Waals surface area contributed by atoms with E-state index >= 15 is 0 Å². The lowest BCUT2D eigenvalue weighted by atomic mass is 10.3. The van der Waals surface area contributed by atoms with E-state index in [4.69, 9.17) is 16.3 Å². The average Bonchev–Trinajstić information content (AvgIpc) is 2.60. The molecule has 0 amide bonds. The molecule has 0 fully saturated rings. The molecule has 0 atom stereocenters. The van der Waals surface area contributed by atoms with E-state index in [0.717, 1.165) is 20.3 Å². The van der Waals surface area contributed by atoms with Crippen LogP contribution in [-0.2, 0) is 0 Å². The number of rotatable bonds is 4. The van der Waals surface area contributed by atoms with Gasteiger partial charge in [0.2, 0.25) is 0 Å². The van der Waals surface area contributed by atoms with Crippen LogP contribution in [0, 0.1) is 0 Å². The minimum absolute atomic E-state index is 0.540. The molecule has 0 aliphatic rings. The van der Waals surface area contributed by atoms with Crippen molar-refractivity contribution in [1.82, 2.24) is 4.98 Å². The maximum Gasteiger partial charge on any atom is 0.152 e. The van der Waals surface area contributed by atoms with Crippen molar-refractivity contribution in [2.45, 2.75) is 11.3 Å². The summed E-state index contributed by atoms with van der Waals surface area (Å²) < 4.78 is 7.58. The first-order chi connectivity index (χ1) is 7.33. The second-order valence-corrected chi connectivity index (χ2v) is 5.63.